The second-order valence-corrected chi connectivity index (χ2v) is 6.65. The maximum absolute atomic E-state index is 11.6. The average molecular weight is 566 g/mol. The number of rotatable bonds is 8. The summed E-state index contributed by atoms with van der Waals surface area (Å²) in [6.07, 6.45) is 0.520. The van der Waals surface area contributed by atoms with Gasteiger partial charge in [-0.25, -0.2) is 0 Å². The number of ketones is 2. The standard InChI is InChI=1S/2C11H12O3.2C2H6O.Zr/c2*1-2-9(11(13)14)10(12)8-6-4-3-5-7-8;2*1-2-3;/h2*3-7,9H,2H2,1H3,(H,13,14);2*3H,2H2,1H3;/q;;;;+2/p-2. The minimum absolute atomic E-state index is 0. The van der Waals surface area contributed by atoms with Crippen molar-refractivity contribution in [2.45, 2.75) is 40.5 Å². The van der Waals surface area contributed by atoms with Crippen LogP contribution in [0.3, 0.4) is 0 Å². The van der Waals surface area contributed by atoms with Crippen LogP contribution in [0.5, 0.6) is 0 Å². The molecule has 0 saturated carbocycles. The molecule has 0 bridgehead atoms. The Bertz CT molecular complexity index is 769. The van der Waals surface area contributed by atoms with Gasteiger partial charge in [0, 0.05) is 24.3 Å². The van der Waals surface area contributed by atoms with Crippen LogP contribution in [0.15, 0.2) is 60.7 Å². The molecule has 0 heterocycles. The van der Waals surface area contributed by atoms with Gasteiger partial charge in [0.2, 0.25) is 0 Å². The summed E-state index contributed by atoms with van der Waals surface area (Å²) in [5.41, 5.74) is 0.840. The molecule has 8 nitrogen and oxygen atoms in total. The van der Waals surface area contributed by atoms with E-state index in [2.05, 4.69) is 0 Å². The average Bonchev–Trinajstić information content (AvgIpc) is 2.82. The van der Waals surface area contributed by atoms with E-state index < -0.39 is 23.8 Å². The fraction of sp³-hybridized carbons (Fsp3) is 0.385. The van der Waals surface area contributed by atoms with Crippen molar-refractivity contribution in [1.29, 1.82) is 0 Å². The molecule has 0 aliphatic carbocycles. The third-order valence-corrected chi connectivity index (χ3v) is 4.14. The van der Waals surface area contributed by atoms with Crippen molar-refractivity contribution in [3.05, 3.63) is 71.8 Å². The molecule has 190 valence electrons. The van der Waals surface area contributed by atoms with Gasteiger partial charge in [-0.2, -0.15) is 0 Å². The van der Waals surface area contributed by atoms with Crippen LogP contribution in [0.2, 0.25) is 0 Å². The molecule has 2 atom stereocenters. The molecule has 2 N–H and O–H groups in total. The molecule has 2 aromatic carbocycles. The predicted molar refractivity (Wildman–Crippen MR) is 125 cm³/mol. The monoisotopic (exact) mass is 564 g/mol. The predicted octanol–water partition coefficient (Wildman–Crippen LogP) is 1.29. The third kappa shape index (κ3) is 15.9. The van der Waals surface area contributed by atoms with E-state index in [4.69, 9.17) is 10.2 Å². The number of carbonyl (C=O) groups is 4. The van der Waals surface area contributed by atoms with Crippen LogP contribution in [0.25, 0.3) is 0 Å². The van der Waals surface area contributed by atoms with E-state index in [0.29, 0.717) is 11.1 Å². The number of aliphatic hydroxyl groups excluding tert-OH is 2. The van der Waals surface area contributed by atoms with E-state index in [1.807, 2.05) is 0 Å². The molecule has 0 aromatic heterocycles. The number of hydrogen-bond donors (Lipinski definition) is 2. The largest absolute Gasteiger partial charge is 2.00 e. The Hall–Kier alpha value is -2.48. The van der Waals surface area contributed by atoms with E-state index in [-0.39, 0.29) is 63.8 Å². The minimum atomic E-state index is -1.30. The van der Waals surface area contributed by atoms with Crippen molar-refractivity contribution < 1.29 is 65.8 Å². The maximum Gasteiger partial charge on any atom is 2.00 e. The zero-order valence-corrected chi connectivity index (χ0v) is 23.1. The quantitative estimate of drug-likeness (QED) is 0.358. The molecule has 2 aromatic rings. The van der Waals surface area contributed by atoms with Gasteiger partial charge < -0.3 is 30.0 Å². The number of Topliss-reactive ketones (excluding diaryl/α,β-unsaturated/α-hetero) is 2. The van der Waals surface area contributed by atoms with Gasteiger partial charge in [-0.1, -0.05) is 74.5 Å². The summed E-state index contributed by atoms with van der Waals surface area (Å²) in [5, 5.41) is 36.4. The van der Waals surface area contributed by atoms with Crippen molar-refractivity contribution in [2.75, 3.05) is 13.2 Å². The number of carbonyl (C=O) groups excluding carboxylic acids is 4. The van der Waals surface area contributed by atoms with E-state index in [1.54, 1.807) is 88.4 Å². The smallest absolute Gasteiger partial charge is 0.549 e. The number of hydrogen-bond acceptors (Lipinski definition) is 8. The Kier molecular flexibility index (Phi) is 24.7. The Morgan fingerprint density at radius 1 is 0.629 bits per heavy atom. The molecular formula is C26H34O8Zr. The molecule has 0 amide bonds. The van der Waals surface area contributed by atoms with Crippen LogP contribution in [-0.4, -0.2) is 46.9 Å². The molecule has 0 aliphatic heterocycles. The number of aliphatic carboxylic acids is 2. The SMILES string of the molecule is CCC(C(=O)[O-])C(=O)c1ccccc1.CCC(C(=O)[O-])C(=O)c1ccccc1.CCO.CCO.[Zr+2]. The summed E-state index contributed by atoms with van der Waals surface area (Å²) < 4.78 is 0. The first-order valence-corrected chi connectivity index (χ1v) is 11.0. The van der Waals surface area contributed by atoms with Crippen molar-refractivity contribution in [3.63, 3.8) is 0 Å². The van der Waals surface area contributed by atoms with Gasteiger partial charge in [-0.05, 0) is 26.7 Å². The second kappa shape index (κ2) is 23.3. The van der Waals surface area contributed by atoms with E-state index in [1.165, 1.54) is 0 Å². The fourth-order valence-corrected chi connectivity index (χ4v) is 2.53. The number of aliphatic hydroxyl groups is 2. The molecule has 2 unspecified atom stereocenters. The number of carboxylic acids is 2. The van der Waals surface area contributed by atoms with E-state index >= 15 is 0 Å². The summed E-state index contributed by atoms with van der Waals surface area (Å²) in [5.74, 6) is -5.43. The van der Waals surface area contributed by atoms with Crippen LogP contribution < -0.4 is 10.2 Å². The Morgan fingerprint density at radius 2 is 0.857 bits per heavy atom. The molecule has 2 rings (SSSR count). The van der Waals surface area contributed by atoms with Gasteiger partial charge in [0.05, 0.1) is 23.8 Å². The van der Waals surface area contributed by atoms with Gasteiger partial charge in [0.1, 0.15) is 0 Å². The minimum Gasteiger partial charge on any atom is -0.549 e. The zero-order chi connectivity index (χ0) is 26.5. The van der Waals surface area contributed by atoms with Crippen molar-refractivity contribution >= 4 is 23.5 Å². The normalized spacial score (nSPS) is 10.7. The molecule has 0 fully saturated rings. The van der Waals surface area contributed by atoms with E-state index in [9.17, 15) is 29.4 Å². The summed E-state index contributed by atoms with van der Waals surface area (Å²) in [6.45, 7) is 7.17. The van der Waals surface area contributed by atoms with Gasteiger partial charge in [0.15, 0.2) is 11.6 Å². The zero-order valence-electron chi connectivity index (χ0n) is 20.6. The van der Waals surface area contributed by atoms with Gasteiger partial charge in [-0.15, -0.1) is 0 Å². The summed E-state index contributed by atoms with van der Waals surface area (Å²) in [7, 11) is 0. The Balaban J connectivity index is -0.000000467. The summed E-state index contributed by atoms with van der Waals surface area (Å²) in [4.78, 5) is 44.4. The van der Waals surface area contributed by atoms with Gasteiger partial charge >= 0.3 is 26.2 Å². The summed E-state index contributed by atoms with van der Waals surface area (Å²) in [6, 6.07) is 16.8. The van der Waals surface area contributed by atoms with Crippen LogP contribution in [-0.2, 0) is 35.8 Å². The molecule has 0 spiro atoms. The first kappa shape index (κ1) is 37.1. The molecule has 0 aliphatic rings. The number of carboxylic acid groups (broad SMARTS) is 2. The first-order valence-electron chi connectivity index (χ1n) is 11.0. The molecule has 9 heteroatoms. The maximum atomic E-state index is 11.6. The second-order valence-electron chi connectivity index (χ2n) is 6.65. The first-order chi connectivity index (χ1) is 16.2. The van der Waals surface area contributed by atoms with Crippen LogP contribution in [0.4, 0.5) is 0 Å². The fourth-order valence-electron chi connectivity index (χ4n) is 2.53. The van der Waals surface area contributed by atoms with E-state index in [0.717, 1.165) is 0 Å². The van der Waals surface area contributed by atoms with Crippen molar-refractivity contribution in [1.82, 2.24) is 0 Å². The number of benzene rings is 2. The van der Waals surface area contributed by atoms with Gasteiger partial charge in [-0.3, -0.25) is 9.59 Å². The molecule has 0 radical (unpaired) electrons. The van der Waals surface area contributed by atoms with Crippen LogP contribution in [0, 0.1) is 11.8 Å². The Labute approximate surface area is 226 Å². The van der Waals surface area contributed by atoms with Crippen molar-refractivity contribution in [3.8, 4) is 0 Å². The third-order valence-electron chi connectivity index (χ3n) is 4.14. The molecule has 0 saturated heterocycles. The Morgan fingerprint density at radius 3 is 1.03 bits per heavy atom. The topological polar surface area (TPSA) is 155 Å². The van der Waals surface area contributed by atoms with Crippen LogP contribution >= 0.6 is 0 Å². The van der Waals surface area contributed by atoms with Crippen molar-refractivity contribution in [2.24, 2.45) is 11.8 Å². The molecule has 35 heavy (non-hydrogen) atoms. The van der Waals surface area contributed by atoms with Gasteiger partial charge in [0.25, 0.3) is 0 Å². The summed E-state index contributed by atoms with van der Waals surface area (Å²) >= 11 is 0. The van der Waals surface area contributed by atoms with Crippen LogP contribution in [0.1, 0.15) is 61.3 Å². The molecular weight excluding hydrogens is 532 g/mol.